The van der Waals surface area contributed by atoms with Crippen molar-refractivity contribution in [1.29, 1.82) is 0 Å². The molecule has 2 saturated heterocycles. The molecule has 0 N–H and O–H groups in total. The first-order valence-electron chi connectivity index (χ1n) is 9.45. The molecule has 2 fully saturated rings. The van der Waals surface area contributed by atoms with Crippen molar-refractivity contribution in [2.75, 3.05) is 26.2 Å². The highest BCUT2D eigenvalue weighted by atomic mass is 16.5. The fraction of sp³-hybridized carbons (Fsp3) is 0.737. The average Bonchev–Trinajstić information content (AvgIpc) is 3.04. The number of piperidine rings is 2. The molecule has 0 bridgehead atoms. The molecule has 2 amide bonds. The Morgan fingerprint density at radius 2 is 2.16 bits per heavy atom. The van der Waals surface area contributed by atoms with E-state index < -0.39 is 0 Å². The van der Waals surface area contributed by atoms with Crippen molar-refractivity contribution in [2.24, 2.45) is 11.3 Å². The van der Waals surface area contributed by atoms with Crippen molar-refractivity contribution in [2.45, 2.75) is 52.9 Å². The van der Waals surface area contributed by atoms with Crippen LogP contribution in [0, 0.1) is 11.3 Å². The van der Waals surface area contributed by atoms with Crippen LogP contribution in [0.5, 0.6) is 0 Å². The van der Waals surface area contributed by atoms with Crippen molar-refractivity contribution in [3.05, 3.63) is 17.5 Å². The van der Waals surface area contributed by atoms with Crippen molar-refractivity contribution < 1.29 is 14.1 Å². The summed E-state index contributed by atoms with van der Waals surface area (Å²) < 4.78 is 5.31. The molecule has 1 aromatic rings. The maximum atomic E-state index is 12.9. The predicted octanol–water partition coefficient (Wildman–Crippen LogP) is 2.74. The van der Waals surface area contributed by atoms with Crippen LogP contribution in [0.25, 0.3) is 0 Å². The van der Waals surface area contributed by atoms with Gasteiger partial charge in [-0.2, -0.15) is 0 Å². The molecule has 138 valence electrons. The van der Waals surface area contributed by atoms with Crippen molar-refractivity contribution >= 4 is 11.8 Å². The predicted molar refractivity (Wildman–Crippen MR) is 94.1 cm³/mol. The second kappa shape index (κ2) is 7.18. The van der Waals surface area contributed by atoms with E-state index in [-0.39, 0.29) is 17.2 Å². The van der Waals surface area contributed by atoms with Crippen LogP contribution >= 0.6 is 0 Å². The molecule has 1 atom stereocenters. The quantitative estimate of drug-likeness (QED) is 0.840. The van der Waals surface area contributed by atoms with Gasteiger partial charge in [0.05, 0.1) is 5.69 Å². The maximum Gasteiger partial charge on any atom is 0.292 e. The Morgan fingerprint density at radius 1 is 1.36 bits per heavy atom. The lowest BCUT2D eigenvalue weighted by Gasteiger charge is -2.47. The molecule has 6 heteroatoms. The summed E-state index contributed by atoms with van der Waals surface area (Å²) >= 11 is 0. The largest absolute Gasteiger partial charge is 0.351 e. The van der Waals surface area contributed by atoms with E-state index in [4.69, 9.17) is 4.52 Å². The number of amides is 2. The zero-order valence-electron chi connectivity index (χ0n) is 15.6. The Labute approximate surface area is 149 Å². The molecule has 0 saturated carbocycles. The first-order chi connectivity index (χ1) is 11.9. The Bertz CT molecular complexity index is 640. The van der Waals surface area contributed by atoms with Gasteiger partial charge >= 0.3 is 0 Å². The van der Waals surface area contributed by atoms with E-state index in [1.807, 2.05) is 16.7 Å². The molecule has 3 rings (SSSR count). The summed E-state index contributed by atoms with van der Waals surface area (Å²) in [5, 5.41) is 4.04. The van der Waals surface area contributed by atoms with Gasteiger partial charge in [0.2, 0.25) is 11.7 Å². The van der Waals surface area contributed by atoms with Crippen LogP contribution in [0.1, 0.15) is 62.7 Å². The summed E-state index contributed by atoms with van der Waals surface area (Å²) in [5.41, 5.74) is 0.879. The Hall–Kier alpha value is -1.85. The van der Waals surface area contributed by atoms with Crippen molar-refractivity contribution in [1.82, 2.24) is 15.0 Å². The maximum absolute atomic E-state index is 12.9. The van der Waals surface area contributed by atoms with Gasteiger partial charge in [0, 0.05) is 44.1 Å². The number of likely N-dealkylation sites (tertiary alicyclic amines) is 2. The molecule has 1 spiro atoms. The van der Waals surface area contributed by atoms with Crippen LogP contribution in [0.2, 0.25) is 0 Å². The van der Waals surface area contributed by atoms with Crippen molar-refractivity contribution in [3.8, 4) is 0 Å². The van der Waals surface area contributed by atoms with E-state index in [0.717, 1.165) is 51.0 Å². The summed E-state index contributed by atoms with van der Waals surface area (Å²) in [6.07, 6.45) is 4.34. The van der Waals surface area contributed by atoms with Crippen LogP contribution in [0.4, 0.5) is 0 Å². The normalized spacial score (nSPS) is 24.4. The number of aromatic nitrogens is 1. The van der Waals surface area contributed by atoms with Crippen molar-refractivity contribution in [3.63, 3.8) is 0 Å². The van der Waals surface area contributed by atoms with E-state index >= 15 is 0 Å². The number of carbonyl (C=O) groups excluding carboxylic acids is 2. The molecule has 0 aliphatic carbocycles. The molecule has 2 aliphatic rings. The third-order valence-electron chi connectivity index (χ3n) is 5.47. The molecule has 0 aromatic carbocycles. The van der Waals surface area contributed by atoms with Gasteiger partial charge in [0.15, 0.2) is 0 Å². The molecule has 25 heavy (non-hydrogen) atoms. The van der Waals surface area contributed by atoms with Crippen LogP contribution < -0.4 is 0 Å². The monoisotopic (exact) mass is 347 g/mol. The van der Waals surface area contributed by atoms with E-state index in [2.05, 4.69) is 19.0 Å². The number of hydrogen-bond donors (Lipinski definition) is 0. The molecule has 0 radical (unpaired) electrons. The fourth-order valence-corrected chi connectivity index (χ4v) is 4.19. The summed E-state index contributed by atoms with van der Waals surface area (Å²) in [4.78, 5) is 28.7. The Morgan fingerprint density at radius 3 is 2.88 bits per heavy atom. The molecular weight excluding hydrogens is 318 g/mol. The molecule has 0 unspecified atom stereocenters. The highest BCUT2D eigenvalue weighted by molar-refractivity contribution is 5.91. The van der Waals surface area contributed by atoms with Gasteiger partial charge in [-0.15, -0.1) is 0 Å². The first kappa shape index (κ1) is 18.0. The molecular formula is C19H29N3O3. The number of carbonyl (C=O) groups is 2. The second-order valence-electron chi connectivity index (χ2n) is 8.02. The van der Waals surface area contributed by atoms with Gasteiger partial charge in [-0.25, -0.2) is 0 Å². The number of nitrogens with zero attached hydrogens (tertiary/aromatic N) is 3. The minimum absolute atomic E-state index is 0.0403. The Balaban J connectivity index is 1.69. The molecule has 6 nitrogen and oxygen atoms in total. The zero-order valence-corrected chi connectivity index (χ0v) is 15.6. The molecule has 3 heterocycles. The van der Waals surface area contributed by atoms with Gasteiger partial charge in [0.25, 0.3) is 5.91 Å². The minimum atomic E-state index is -0.0680. The van der Waals surface area contributed by atoms with Crippen LogP contribution in [0.15, 0.2) is 10.6 Å². The van der Waals surface area contributed by atoms with Crippen LogP contribution in [0.3, 0.4) is 0 Å². The minimum Gasteiger partial charge on any atom is -0.351 e. The van der Waals surface area contributed by atoms with E-state index in [0.29, 0.717) is 24.6 Å². The van der Waals surface area contributed by atoms with Crippen LogP contribution in [-0.2, 0) is 11.2 Å². The second-order valence-corrected chi connectivity index (χ2v) is 8.02. The van der Waals surface area contributed by atoms with Gasteiger partial charge in [-0.3, -0.25) is 9.59 Å². The van der Waals surface area contributed by atoms with Gasteiger partial charge < -0.3 is 14.3 Å². The van der Waals surface area contributed by atoms with E-state index in [1.165, 1.54) is 0 Å². The highest BCUT2D eigenvalue weighted by Gasteiger charge is 2.42. The Kier molecular flexibility index (Phi) is 5.16. The molecule has 2 aliphatic heterocycles. The zero-order chi connectivity index (χ0) is 18.0. The third-order valence-corrected chi connectivity index (χ3v) is 5.47. The lowest BCUT2D eigenvalue weighted by Crippen LogP contribution is -2.55. The van der Waals surface area contributed by atoms with E-state index in [9.17, 15) is 9.59 Å². The topological polar surface area (TPSA) is 66.7 Å². The highest BCUT2D eigenvalue weighted by Crippen LogP contribution is 2.39. The summed E-state index contributed by atoms with van der Waals surface area (Å²) in [6, 6.07) is 1.78. The number of rotatable bonds is 4. The summed E-state index contributed by atoms with van der Waals surface area (Å²) in [6.45, 7) is 9.23. The SMILES string of the molecule is CCN1C[C@]2(CCCN(C(=O)c3cc(CC(C)C)no3)C2)CCC1=O. The third kappa shape index (κ3) is 3.88. The summed E-state index contributed by atoms with van der Waals surface area (Å²) in [7, 11) is 0. The number of hydrogen-bond acceptors (Lipinski definition) is 4. The standard InChI is InChI=1S/C19H29N3O3/c1-4-21-12-19(8-6-17(21)23)7-5-9-22(13-19)18(24)16-11-15(20-25-16)10-14(2)3/h11,14H,4-10,12-13H2,1-3H3/t19-/m0/s1. The average molecular weight is 347 g/mol. The fourth-order valence-electron chi connectivity index (χ4n) is 4.19. The molecule has 1 aromatic heterocycles. The lowest BCUT2D eigenvalue weighted by atomic mass is 9.73. The van der Waals surface area contributed by atoms with Gasteiger partial charge in [-0.05, 0) is 38.5 Å². The summed E-state index contributed by atoms with van der Waals surface area (Å²) in [5.74, 6) is 0.990. The first-order valence-corrected chi connectivity index (χ1v) is 9.45. The van der Waals surface area contributed by atoms with Gasteiger partial charge in [-0.1, -0.05) is 19.0 Å². The van der Waals surface area contributed by atoms with Crippen LogP contribution in [-0.4, -0.2) is 52.9 Å². The lowest BCUT2D eigenvalue weighted by molar-refractivity contribution is -0.138. The van der Waals surface area contributed by atoms with E-state index in [1.54, 1.807) is 6.07 Å². The van der Waals surface area contributed by atoms with Gasteiger partial charge in [0.1, 0.15) is 0 Å². The smallest absolute Gasteiger partial charge is 0.292 e.